The van der Waals surface area contributed by atoms with Crippen LogP contribution < -0.4 is 0 Å². The van der Waals surface area contributed by atoms with Crippen molar-refractivity contribution in [1.29, 1.82) is 0 Å². The lowest BCUT2D eigenvalue weighted by atomic mass is 9.78. The maximum Gasteiger partial charge on any atom is 0.312 e. The zero-order valence-electron chi connectivity index (χ0n) is 10.3. The number of carboxylic acids is 1. The summed E-state index contributed by atoms with van der Waals surface area (Å²) in [6.07, 6.45) is 7.30. The molecule has 0 aromatic rings. The fourth-order valence-electron chi connectivity index (χ4n) is 3.17. The van der Waals surface area contributed by atoms with Crippen LogP contribution in [0.4, 0.5) is 4.39 Å². The maximum absolute atomic E-state index is 13.0. The van der Waals surface area contributed by atoms with Gasteiger partial charge in [-0.1, -0.05) is 19.3 Å². The Labute approximate surface area is 102 Å². The molecule has 0 bridgehead atoms. The molecule has 98 valence electrons. The van der Waals surface area contributed by atoms with Crippen LogP contribution in [-0.4, -0.2) is 41.8 Å². The molecule has 1 N–H and O–H groups in total. The fraction of sp³-hybridized carbons (Fsp3) is 0.923. The molecule has 2 rings (SSSR count). The number of carbonyl (C=O) groups is 1. The van der Waals surface area contributed by atoms with Crippen molar-refractivity contribution in [2.75, 3.05) is 19.8 Å². The van der Waals surface area contributed by atoms with Crippen molar-refractivity contribution in [3.63, 3.8) is 0 Å². The minimum absolute atomic E-state index is 0.468. The van der Waals surface area contributed by atoms with Gasteiger partial charge in [0.25, 0.3) is 0 Å². The second-order valence-electron chi connectivity index (χ2n) is 5.55. The minimum Gasteiger partial charge on any atom is -0.481 e. The van der Waals surface area contributed by atoms with Gasteiger partial charge in [-0.2, -0.15) is 0 Å². The predicted molar refractivity (Wildman–Crippen MR) is 63.7 cm³/mol. The van der Waals surface area contributed by atoms with E-state index >= 15 is 0 Å². The molecule has 0 amide bonds. The first-order chi connectivity index (χ1) is 8.18. The number of alkyl halides is 1. The van der Waals surface area contributed by atoms with Gasteiger partial charge in [-0.25, -0.2) is 4.39 Å². The summed E-state index contributed by atoms with van der Waals surface area (Å²) in [7, 11) is 0. The van der Waals surface area contributed by atoms with Crippen LogP contribution in [0.15, 0.2) is 0 Å². The van der Waals surface area contributed by atoms with Crippen molar-refractivity contribution >= 4 is 5.97 Å². The van der Waals surface area contributed by atoms with Crippen LogP contribution in [0.2, 0.25) is 0 Å². The molecule has 3 nitrogen and oxygen atoms in total. The van der Waals surface area contributed by atoms with E-state index in [0.717, 1.165) is 13.1 Å². The molecule has 1 aliphatic carbocycles. The molecule has 0 aromatic heterocycles. The molecule has 0 spiro atoms. The van der Waals surface area contributed by atoms with E-state index in [1.807, 2.05) is 0 Å². The van der Waals surface area contributed by atoms with Gasteiger partial charge in [0, 0.05) is 6.04 Å². The van der Waals surface area contributed by atoms with Gasteiger partial charge < -0.3 is 10.0 Å². The van der Waals surface area contributed by atoms with E-state index in [2.05, 4.69) is 4.90 Å². The van der Waals surface area contributed by atoms with E-state index in [0.29, 0.717) is 18.9 Å². The van der Waals surface area contributed by atoms with E-state index in [1.54, 1.807) is 0 Å². The first-order valence-corrected chi connectivity index (χ1v) is 6.71. The Bertz CT molecular complexity index is 269. The van der Waals surface area contributed by atoms with Crippen LogP contribution in [0.1, 0.15) is 44.9 Å². The van der Waals surface area contributed by atoms with Crippen molar-refractivity contribution < 1.29 is 14.3 Å². The van der Waals surface area contributed by atoms with Crippen molar-refractivity contribution in [3.05, 3.63) is 0 Å². The highest BCUT2D eigenvalue weighted by Crippen LogP contribution is 2.35. The Morgan fingerprint density at radius 2 is 1.82 bits per heavy atom. The molecule has 0 unspecified atom stereocenters. The van der Waals surface area contributed by atoms with Gasteiger partial charge in [0.2, 0.25) is 0 Å². The second kappa shape index (κ2) is 5.34. The second-order valence-corrected chi connectivity index (χ2v) is 5.55. The number of nitrogens with zero attached hydrogens (tertiary/aromatic N) is 1. The lowest BCUT2D eigenvalue weighted by Gasteiger charge is -2.42. The number of hydrogen-bond acceptors (Lipinski definition) is 2. The van der Waals surface area contributed by atoms with Crippen LogP contribution in [0.3, 0.4) is 0 Å². The quantitative estimate of drug-likeness (QED) is 0.827. The molecular weight excluding hydrogens is 221 g/mol. The van der Waals surface area contributed by atoms with Crippen LogP contribution >= 0.6 is 0 Å². The van der Waals surface area contributed by atoms with Gasteiger partial charge in [-0.05, 0) is 38.8 Å². The summed E-state index contributed by atoms with van der Waals surface area (Å²) in [6.45, 7) is 0.780. The van der Waals surface area contributed by atoms with E-state index in [1.165, 1.54) is 32.1 Å². The average Bonchev–Trinajstić information content (AvgIpc) is 2.39. The number of likely N-dealkylation sites (tertiary alicyclic amines) is 1. The zero-order valence-corrected chi connectivity index (χ0v) is 10.3. The molecule has 4 heteroatoms. The summed E-state index contributed by atoms with van der Waals surface area (Å²) in [6, 6.07) is 0.621. The summed E-state index contributed by atoms with van der Waals surface area (Å²) < 4.78 is 13.0. The van der Waals surface area contributed by atoms with E-state index in [-0.39, 0.29) is 0 Å². The first-order valence-electron chi connectivity index (χ1n) is 6.71. The molecule has 0 atom stereocenters. The smallest absolute Gasteiger partial charge is 0.312 e. The number of piperidine rings is 1. The van der Waals surface area contributed by atoms with Crippen LogP contribution in [0.5, 0.6) is 0 Å². The van der Waals surface area contributed by atoms with Crippen LogP contribution in [0, 0.1) is 5.41 Å². The molecular formula is C13H22FNO2. The predicted octanol–water partition coefficient (Wildman–Crippen LogP) is 2.46. The molecule has 17 heavy (non-hydrogen) atoms. The fourth-order valence-corrected chi connectivity index (χ4v) is 3.17. The molecule has 0 radical (unpaired) electrons. The maximum atomic E-state index is 13.0. The van der Waals surface area contributed by atoms with E-state index < -0.39 is 18.1 Å². The summed E-state index contributed by atoms with van der Waals surface area (Å²) >= 11 is 0. The monoisotopic (exact) mass is 243 g/mol. The van der Waals surface area contributed by atoms with Crippen molar-refractivity contribution in [1.82, 2.24) is 4.90 Å². The number of carboxylic acid groups (broad SMARTS) is 1. The molecule has 0 aromatic carbocycles. The van der Waals surface area contributed by atoms with Crippen molar-refractivity contribution in [2.45, 2.75) is 51.0 Å². The van der Waals surface area contributed by atoms with Gasteiger partial charge in [0.05, 0.1) is 5.41 Å². The average molecular weight is 243 g/mol. The third-order valence-corrected chi connectivity index (χ3v) is 4.56. The van der Waals surface area contributed by atoms with Crippen LogP contribution in [-0.2, 0) is 4.79 Å². The topological polar surface area (TPSA) is 40.5 Å². The van der Waals surface area contributed by atoms with Crippen molar-refractivity contribution in [3.8, 4) is 0 Å². The third-order valence-electron chi connectivity index (χ3n) is 4.56. The Kier molecular flexibility index (Phi) is 4.02. The minimum atomic E-state index is -1.09. The van der Waals surface area contributed by atoms with Crippen LogP contribution in [0.25, 0.3) is 0 Å². The lowest BCUT2D eigenvalue weighted by Crippen LogP contribution is -2.49. The van der Waals surface area contributed by atoms with Gasteiger partial charge >= 0.3 is 5.97 Å². The Hall–Kier alpha value is -0.640. The van der Waals surface area contributed by atoms with Gasteiger partial charge in [-0.15, -0.1) is 0 Å². The number of hydrogen-bond donors (Lipinski definition) is 1. The highest BCUT2D eigenvalue weighted by Gasteiger charge is 2.42. The summed E-state index contributed by atoms with van der Waals surface area (Å²) in [5, 5.41) is 9.13. The molecule has 2 fully saturated rings. The highest BCUT2D eigenvalue weighted by atomic mass is 19.1. The van der Waals surface area contributed by atoms with E-state index in [9.17, 15) is 9.18 Å². The SMILES string of the molecule is O=C(O)C1(CF)CCN(C2CCCCC2)CC1. The number of halogens is 1. The largest absolute Gasteiger partial charge is 0.481 e. The first kappa shape index (κ1) is 12.8. The number of rotatable bonds is 3. The summed E-state index contributed by atoms with van der Waals surface area (Å²) in [4.78, 5) is 13.5. The summed E-state index contributed by atoms with van der Waals surface area (Å²) in [5.41, 5.74) is -1.09. The van der Waals surface area contributed by atoms with Gasteiger partial charge in [0.15, 0.2) is 0 Å². The highest BCUT2D eigenvalue weighted by molar-refractivity contribution is 5.75. The molecule has 2 aliphatic rings. The third kappa shape index (κ3) is 2.62. The molecule has 1 saturated heterocycles. The van der Waals surface area contributed by atoms with Gasteiger partial charge in [-0.3, -0.25) is 4.79 Å². The Morgan fingerprint density at radius 3 is 2.29 bits per heavy atom. The lowest BCUT2D eigenvalue weighted by molar-refractivity contribution is -0.153. The molecule has 1 aliphatic heterocycles. The number of aliphatic carboxylic acids is 1. The molecule has 1 heterocycles. The Balaban J connectivity index is 1.90. The normalized spacial score (nSPS) is 26.9. The molecule has 1 saturated carbocycles. The summed E-state index contributed by atoms with van der Waals surface area (Å²) in [5.74, 6) is -0.955. The van der Waals surface area contributed by atoms with Gasteiger partial charge in [0.1, 0.15) is 6.67 Å². The zero-order chi connectivity index (χ0) is 12.3. The Morgan fingerprint density at radius 1 is 1.24 bits per heavy atom. The van der Waals surface area contributed by atoms with E-state index in [4.69, 9.17) is 5.11 Å². The van der Waals surface area contributed by atoms with Crippen molar-refractivity contribution in [2.24, 2.45) is 5.41 Å². The standard InChI is InChI=1S/C13H22FNO2/c14-10-13(12(16)17)6-8-15(9-7-13)11-4-2-1-3-5-11/h11H,1-10H2,(H,16,17).